The maximum Gasteiger partial charge on any atom is 0.225 e. The zero-order valence-corrected chi connectivity index (χ0v) is 12.1. The van der Waals surface area contributed by atoms with Crippen LogP contribution in [0, 0.1) is 5.41 Å². The van der Waals surface area contributed by atoms with Gasteiger partial charge in [-0.2, -0.15) is 0 Å². The molecule has 3 nitrogen and oxygen atoms in total. The minimum absolute atomic E-state index is 0.152. The van der Waals surface area contributed by atoms with Gasteiger partial charge in [0.2, 0.25) is 5.91 Å². The SMILES string of the molecule is CC(C)(C)C(=O)NC1CCN(Cc2ccccc2)C1. The third-order valence-corrected chi connectivity index (χ3v) is 3.54. The quantitative estimate of drug-likeness (QED) is 0.905. The van der Waals surface area contributed by atoms with E-state index in [1.165, 1.54) is 5.56 Å². The van der Waals surface area contributed by atoms with Crippen LogP contribution >= 0.6 is 0 Å². The number of rotatable bonds is 3. The standard InChI is InChI=1S/C16H24N2O/c1-16(2,3)15(19)17-14-9-10-18(12-14)11-13-7-5-4-6-8-13/h4-8,14H,9-12H2,1-3H3,(H,17,19). The fourth-order valence-electron chi connectivity index (χ4n) is 2.34. The third kappa shape index (κ3) is 4.06. The fourth-order valence-corrected chi connectivity index (χ4v) is 2.34. The van der Waals surface area contributed by atoms with Crippen molar-refractivity contribution in [1.29, 1.82) is 0 Å². The van der Waals surface area contributed by atoms with Crippen LogP contribution in [-0.2, 0) is 11.3 Å². The van der Waals surface area contributed by atoms with Gasteiger partial charge in [0, 0.05) is 31.1 Å². The van der Waals surface area contributed by atoms with Gasteiger partial charge in [0.15, 0.2) is 0 Å². The molecule has 1 fully saturated rings. The molecule has 1 unspecified atom stereocenters. The molecule has 2 rings (SSSR count). The Morgan fingerprint density at radius 3 is 2.63 bits per heavy atom. The molecular formula is C16H24N2O. The van der Waals surface area contributed by atoms with Crippen molar-refractivity contribution < 1.29 is 4.79 Å². The van der Waals surface area contributed by atoms with E-state index in [1.807, 2.05) is 26.8 Å². The van der Waals surface area contributed by atoms with Crippen LogP contribution in [0.2, 0.25) is 0 Å². The van der Waals surface area contributed by atoms with Crippen LogP contribution in [0.1, 0.15) is 32.8 Å². The first-order valence-corrected chi connectivity index (χ1v) is 7.02. The van der Waals surface area contributed by atoms with E-state index in [0.29, 0.717) is 6.04 Å². The molecule has 1 N–H and O–H groups in total. The molecule has 1 saturated heterocycles. The van der Waals surface area contributed by atoms with E-state index in [4.69, 9.17) is 0 Å². The van der Waals surface area contributed by atoms with Crippen molar-refractivity contribution in [2.24, 2.45) is 5.41 Å². The van der Waals surface area contributed by atoms with E-state index >= 15 is 0 Å². The molecule has 0 saturated carbocycles. The van der Waals surface area contributed by atoms with Gasteiger partial charge in [-0.25, -0.2) is 0 Å². The van der Waals surface area contributed by atoms with E-state index in [1.54, 1.807) is 0 Å². The van der Waals surface area contributed by atoms with Gasteiger partial charge in [-0.05, 0) is 12.0 Å². The molecule has 1 amide bonds. The number of likely N-dealkylation sites (tertiary alicyclic amines) is 1. The predicted molar refractivity (Wildman–Crippen MR) is 77.7 cm³/mol. The van der Waals surface area contributed by atoms with Crippen LogP contribution in [-0.4, -0.2) is 29.9 Å². The number of amides is 1. The van der Waals surface area contributed by atoms with Gasteiger partial charge >= 0.3 is 0 Å². The summed E-state index contributed by atoms with van der Waals surface area (Å²) in [5.41, 5.74) is 1.04. The number of hydrogen-bond donors (Lipinski definition) is 1. The summed E-state index contributed by atoms with van der Waals surface area (Å²) in [5, 5.41) is 3.15. The lowest BCUT2D eigenvalue weighted by molar-refractivity contribution is -0.129. The molecule has 1 aliphatic heterocycles. The second kappa shape index (κ2) is 5.74. The smallest absolute Gasteiger partial charge is 0.225 e. The fraction of sp³-hybridized carbons (Fsp3) is 0.562. The molecule has 0 aliphatic carbocycles. The molecule has 104 valence electrons. The van der Waals surface area contributed by atoms with Crippen molar-refractivity contribution in [2.45, 2.75) is 39.8 Å². The number of carbonyl (C=O) groups excluding carboxylic acids is 1. The maximum atomic E-state index is 12.0. The Balaban J connectivity index is 1.82. The summed E-state index contributed by atoms with van der Waals surface area (Å²) in [6.45, 7) is 8.86. The lowest BCUT2D eigenvalue weighted by Gasteiger charge is -2.22. The lowest BCUT2D eigenvalue weighted by Crippen LogP contribution is -2.42. The monoisotopic (exact) mass is 260 g/mol. The number of nitrogens with one attached hydrogen (secondary N) is 1. The summed E-state index contributed by atoms with van der Waals surface area (Å²) < 4.78 is 0. The average Bonchev–Trinajstić information content (AvgIpc) is 2.76. The van der Waals surface area contributed by atoms with Gasteiger partial charge < -0.3 is 5.32 Å². The zero-order chi connectivity index (χ0) is 13.9. The predicted octanol–water partition coefficient (Wildman–Crippen LogP) is 2.42. The van der Waals surface area contributed by atoms with Crippen molar-refractivity contribution in [3.63, 3.8) is 0 Å². The van der Waals surface area contributed by atoms with Gasteiger partial charge in [0.05, 0.1) is 0 Å². The van der Waals surface area contributed by atoms with Crippen LogP contribution in [0.25, 0.3) is 0 Å². The second-order valence-electron chi connectivity index (χ2n) is 6.43. The second-order valence-corrected chi connectivity index (χ2v) is 6.43. The molecule has 1 aromatic rings. The van der Waals surface area contributed by atoms with Gasteiger partial charge in [0.25, 0.3) is 0 Å². The van der Waals surface area contributed by atoms with Crippen LogP contribution in [0.5, 0.6) is 0 Å². The summed E-state index contributed by atoms with van der Waals surface area (Å²) in [4.78, 5) is 14.4. The molecular weight excluding hydrogens is 236 g/mol. The molecule has 3 heteroatoms. The van der Waals surface area contributed by atoms with Crippen LogP contribution < -0.4 is 5.32 Å². The van der Waals surface area contributed by atoms with Crippen molar-refractivity contribution in [3.8, 4) is 0 Å². The third-order valence-electron chi connectivity index (χ3n) is 3.54. The van der Waals surface area contributed by atoms with Crippen LogP contribution in [0.4, 0.5) is 0 Å². The topological polar surface area (TPSA) is 32.3 Å². The summed E-state index contributed by atoms with van der Waals surface area (Å²) >= 11 is 0. The molecule has 1 aliphatic rings. The van der Waals surface area contributed by atoms with Crippen molar-refractivity contribution in [1.82, 2.24) is 10.2 Å². The molecule has 0 spiro atoms. The van der Waals surface area contributed by atoms with Crippen molar-refractivity contribution in [3.05, 3.63) is 35.9 Å². The van der Waals surface area contributed by atoms with Gasteiger partial charge in [-0.15, -0.1) is 0 Å². The highest BCUT2D eigenvalue weighted by Gasteiger charge is 2.28. The minimum Gasteiger partial charge on any atom is -0.352 e. The van der Waals surface area contributed by atoms with Gasteiger partial charge in [0.1, 0.15) is 0 Å². The first-order valence-electron chi connectivity index (χ1n) is 7.02. The number of nitrogens with zero attached hydrogens (tertiary/aromatic N) is 1. The molecule has 0 radical (unpaired) electrons. The van der Waals surface area contributed by atoms with Gasteiger partial charge in [-0.1, -0.05) is 51.1 Å². The Bertz CT molecular complexity index is 422. The Morgan fingerprint density at radius 2 is 2.00 bits per heavy atom. The van der Waals surface area contributed by atoms with Crippen molar-refractivity contribution >= 4 is 5.91 Å². The average molecular weight is 260 g/mol. The summed E-state index contributed by atoms with van der Waals surface area (Å²) in [7, 11) is 0. The molecule has 1 aromatic carbocycles. The lowest BCUT2D eigenvalue weighted by atomic mass is 9.95. The molecule has 1 atom stereocenters. The maximum absolute atomic E-state index is 12.0. The Kier molecular flexibility index (Phi) is 4.25. The van der Waals surface area contributed by atoms with E-state index in [-0.39, 0.29) is 11.3 Å². The highest BCUT2D eigenvalue weighted by Crippen LogP contribution is 2.17. The minimum atomic E-state index is -0.299. The molecule has 19 heavy (non-hydrogen) atoms. The normalized spacial score (nSPS) is 20.5. The van der Waals surface area contributed by atoms with E-state index in [0.717, 1.165) is 26.1 Å². The summed E-state index contributed by atoms with van der Waals surface area (Å²) in [6, 6.07) is 10.8. The van der Waals surface area contributed by atoms with Crippen molar-refractivity contribution in [2.75, 3.05) is 13.1 Å². The molecule has 0 bridgehead atoms. The summed E-state index contributed by atoms with van der Waals surface area (Å²) in [6.07, 6.45) is 1.05. The highest BCUT2D eigenvalue weighted by atomic mass is 16.2. The Hall–Kier alpha value is -1.35. The van der Waals surface area contributed by atoms with E-state index in [9.17, 15) is 4.79 Å². The molecule has 0 aromatic heterocycles. The van der Waals surface area contributed by atoms with Crippen LogP contribution in [0.15, 0.2) is 30.3 Å². The summed E-state index contributed by atoms with van der Waals surface area (Å²) in [5.74, 6) is 0.152. The first-order chi connectivity index (χ1) is 8.95. The van der Waals surface area contributed by atoms with E-state index < -0.39 is 0 Å². The highest BCUT2D eigenvalue weighted by molar-refractivity contribution is 5.81. The zero-order valence-electron chi connectivity index (χ0n) is 12.1. The number of hydrogen-bond acceptors (Lipinski definition) is 2. The largest absolute Gasteiger partial charge is 0.352 e. The first kappa shape index (κ1) is 14.1. The van der Waals surface area contributed by atoms with Crippen LogP contribution in [0.3, 0.4) is 0 Å². The van der Waals surface area contributed by atoms with Gasteiger partial charge in [-0.3, -0.25) is 9.69 Å². The molecule has 1 heterocycles. The number of carbonyl (C=O) groups is 1. The number of benzene rings is 1. The Morgan fingerprint density at radius 1 is 1.32 bits per heavy atom. The Labute approximate surface area is 116 Å². The van der Waals surface area contributed by atoms with E-state index in [2.05, 4.69) is 34.5 Å².